The van der Waals surface area contributed by atoms with Crippen molar-refractivity contribution in [1.29, 1.82) is 0 Å². The third kappa shape index (κ3) is 5.20. The summed E-state index contributed by atoms with van der Waals surface area (Å²) in [5.41, 5.74) is 3.57. The number of nitrogens with one attached hydrogen (secondary N) is 2. The number of aryl methyl sites for hydroxylation is 2. The van der Waals surface area contributed by atoms with Crippen LogP contribution in [0.4, 0.5) is 5.69 Å². The molecule has 0 bridgehead atoms. The van der Waals surface area contributed by atoms with Crippen molar-refractivity contribution in [3.8, 4) is 0 Å². The van der Waals surface area contributed by atoms with Crippen LogP contribution in [-0.2, 0) is 0 Å². The van der Waals surface area contributed by atoms with Gasteiger partial charge in [-0.15, -0.1) is 0 Å². The molecule has 3 nitrogen and oxygen atoms in total. The van der Waals surface area contributed by atoms with E-state index in [-0.39, 0.29) is 6.10 Å². The number of hydrogen-bond acceptors (Lipinski definition) is 3. The number of aliphatic hydroxyl groups is 1. The van der Waals surface area contributed by atoms with Gasteiger partial charge >= 0.3 is 0 Å². The summed E-state index contributed by atoms with van der Waals surface area (Å²) in [6.07, 6.45) is -0.363. The fourth-order valence-corrected chi connectivity index (χ4v) is 1.68. The summed E-state index contributed by atoms with van der Waals surface area (Å²) in [5, 5.41) is 16.3. The normalized spacial score (nSPS) is 12.8. The van der Waals surface area contributed by atoms with Crippen LogP contribution in [0.5, 0.6) is 0 Å². The molecule has 0 aliphatic rings. The van der Waals surface area contributed by atoms with Crippen molar-refractivity contribution in [3.05, 3.63) is 29.3 Å². The predicted molar refractivity (Wildman–Crippen MR) is 73.6 cm³/mol. The Balaban J connectivity index is 2.39. The van der Waals surface area contributed by atoms with Gasteiger partial charge in [-0.1, -0.05) is 31.5 Å². The predicted octanol–water partition coefficient (Wildman–Crippen LogP) is 2.07. The van der Waals surface area contributed by atoms with Gasteiger partial charge in [0, 0.05) is 24.8 Å². The highest BCUT2D eigenvalue weighted by Gasteiger charge is 2.05. The number of anilines is 1. The molecular formula is C14H24N2O. The Bertz CT molecular complexity index is 350. The van der Waals surface area contributed by atoms with Crippen molar-refractivity contribution in [1.82, 2.24) is 5.32 Å². The van der Waals surface area contributed by atoms with Crippen molar-refractivity contribution in [3.63, 3.8) is 0 Å². The lowest BCUT2D eigenvalue weighted by Crippen LogP contribution is -2.35. The van der Waals surface area contributed by atoms with Crippen LogP contribution in [0.15, 0.2) is 18.2 Å². The molecule has 1 unspecified atom stereocenters. The summed E-state index contributed by atoms with van der Waals surface area (Å²) in [7, 11) is 0. The Morgan fingerprint density at radius 1 is 1.18 bits per heavy atom. The molecule has 3 heteroatoms. The minimum Gasteiger partial charge on any atom is -0.390 e. The molecule has 96 valence electrons. The van der Waals surface area contributed by atoms with E-state index in [0.717, 1.165) is 5.69 Å². The van der Waals surface area contributed by atoms with E-state index >= 15 is 0 Å². The standard InChI is InChI=1S/C14H24N2O/c1-10(2)15-8-13(17)9-16-14-6-5-11(3)7-12(14)4/h5-7,10,13,15-17H,8-9H2,1-4H3. The summed E-state index contributed by atoms with van der Waals surface area (Å²) in [4.78, 5) is 0. The van der Waals surface area contributed by atoms with Crippen LogP contribution < -0.4 is 10.6 Å². The lowest BCUT2D eigenvalue weighted by Gasteiger charge is -2.16. The second kappa shape index (κ2) is 6.62. The van der Waals surface area contributed by atoms with Crippen LogP contribution in [0.3, 0.4) is 0 Å². The lowest BCUT2D eigenvalue weighted by atomic mass is 10.1. The highest BCUT2D eigenvalue weighted by Crippen LogP contribution is 2.15. The van der Waals surface area contributed by atoms with Gasteiger partial charge in [0.05, 0.1) is 6.10 Å². The third-order valence-electron chi connectivity index (χ3n) is 2.67. The minimum atomic E-state index is -0.363. The zero-order chi connectivity index (χ0) is 12.8. The molecular weight excluding hydrogens is 212 g/mol. The first kappa shape index (κ1) is 14.0. The molecule has 0 aliphatic carbocycles. The molecule has 1 rings (SSSR count). The fraction of sp³-hybridized carbons (Fsp3) is 0.571. The molecule has 1 aromatic carbocycles. The molecule has 0 heterocycles. The van der Waals surface area contributed by atoms with Crippen molar-refractivity contribution < 1.29 is 5.11 Å². The maximum absolute atomic E-state index is 9.78. The molecule has 0 aliphatic heterocycles. The highest BCUT2D eigenvalue weighted by molar-refractivity contribution is 5.51. The van der Waals surface area contributed by atoms with Gasteiger partial charge in [-0.3, -0.25) is 0 Å². The zero-order valence-corrected chi connectivity index (χ0v) is 11.2. The molecule has 0 saturated heterocycles. The van der Waals surface area contributed by atoms with Gasteiger partial charge in [0.15, 0.2) is 0 Å². The van der Waals surface area contributed by atoms with Crippen molar-refractivity contribution in [2.75, 3.05) is 18.4 Å². The Kier molecular flexibility index (Phi) is 5.45. The summed E-state index contributed by atoms with van der Waals surface area (Å²) >= 11 is 0. The van der Waals surface area contributed by atoms with Crippen molar-refractivity contribution in [2.24, 2.45) is 0 Å². The monoisotopic (exact) mass is 236 g/mol. The molecule has 0 saturated carbocycles. The maximum atomic E-state index is 9.78. The zero-order valence-electron chi connectivity index (χ0n) is 11.2. The Morgan fingerprint density at radius 2 is 1.88 bits per heavy atom. The van der Waals surface area contributed by atoms with Crippen LogP contribution in [0.2, 0.25) is 0 Å². The number of rotatable bonds is 6. The second-order valence-electron chi connectivity index (χ2n) is 4.92. The SMILES string of the molecule is Cc1ccc(NCC(O)CNC(C)C)c(C)c1. The third-order valence-corrected chi connectivity index (χ3v) is 2.67. The van der Waals surface area contributed by atoms with Gasteiger partial charge in [0.2, 0.25) is 0 Å². The van der Waals surface area contributed by atoms with Gasteiger partial charge < -0.3 is 15.7 Å². The molecule has 0 fully saturated rings. The average Bonchev–Trinajstić information content (AvgIpc) is 2.25. The molecule has 0 spiro atoms. The first-order valence-corrected chi connectivity index (χ1v) is 6.21. The van der Waals surface area contributed by atoms with Crippen LogP contribution in [0.25, 0.3) is 0 Å². The first-order chi connectivity index (χ1) is 7.99. The second-order valence-corrected chi connectivity index (χ2v) is 4.92. The average molecular weight is 236 g/mol. The van der Waals surface area contributed by atoms with Crippen LogP contribution >= 0.6 is 0 Å². The van der Waals surface area contributed by atoms with E-state index < -0.39 is 0 Å². The molecule has 1 aromatic rings. The van der Waals surface area contributed by atoms with E-state index in [0.29, 0.717) is 19.1 Å². The molecule has 1 atom stereocenters. The smallest absolute Gasteiger partial charge is 0.0836 e. The number of aliphatic hydroxyl groups excluding tert-OH is 1. The number of hydrogen-bond donors (Lipinski definition) is 3. The summed E-state index contributed by atoms with van der Waals surface area (Å²) < 4.78 is 0. The molecule has 0 radical (unpaired) electrons. The fourth-order valence-electron chi connectivity index (χ4n) is 1.68. The topological polar surface area (TPSA) is 44.3 Å². The van der Waals surface area contributed by atoms with Gasteiger partial charge in [-0.25, -0.2) is 0 Å². The van der Waals surface area contributed by atoms with Crippen LogP contribution in [0, 0.1) is 13.8 Å². The molecule has 0 amide bonds. The van der Waals surface area contributed by atoms with Crippen molar-refractivity contribution in [2.45, 2.75) is 39.8 Å². The van der Waals surface area contributed by atoms with Crippen LogP contribution in [0.1, 0.15) is 25.0 Å². The van der Waals surface area contributed by atoms with E-state index in [4.69, 9.17) is 0 Å². The van der Waals surface area contributed by atoms with E-state index in [9.17, 15) is 5.11 Å². The quantitative estimate of drug-likeness (QED) is 0.708. The van der Waals surface area contributed by atoms with E-state index in [1.54, 1.807) is 0 Å². The van der Waals surface area contributed by atoms with Gasteiger partial charge in [0.25, 0.3) is 0 Å². The van der Waals surface area contributed by atoms with Crippen LogP contribution in [-0.4, -0.2) is 30.3 Å². The highest BCUT2D eigenvalue weighted by atomic mass is 16.3. The van der Waals surface area contributed by atoms with Crippen molar-refractivity contribution >= 4 is 5.69 Å². The molecule has 3 N–H and O–H groups in total. The van der Waals surface area contributed by atoms with E-state index in [1.165, 1.54) is 11.1 Å². The summed E-state index contributed by atoms with van der Waals surface area (Å²) in [6.45, 7) is 9.50. The number of benzene rings is 1. The van der Waals surface area contributed by atoms with Gasteiger partial charge in [-0.05, 0) is 25.5 Å². The molecule has 17 heavy (non-hydrogen) atoms. The Hall–Kier alpha value is -1.06. The van der Waals surface area contributed by atoms with Gasteiger partial charge in [0.1, 0.15) is 0 Å². The van der Waals surface area contributed by atoms with E-state index in [2.05, 4.69) is 56.5 Å². The Morgan fingerprint density at radius 3 is 2.47 bits per heavy atom. The first-order valence-electron chi connectivity index (χ1n) is 6.21. The van der Waals surface area contributed by atoms with Gasteiger partial charge in [-0.2, -0.15) is 0 Å². The largest absolute Gasteiger partial charge is 0.390 e. The lowest BCUT2D eigenvalue weighted by molar-refractivity contribution is 0.181. The summed E-state index contributed by atoms with van der Waals surface area (Å²) in [6, 6.07) is 6.69. The maximum Gasteiger partial charge on any atom is 0.0836 e. The minimum absolute atomic E-state index is 0.363. The Labute approximate surface area is 104 Å². The molecule has 0 aromatic heterocycles. The van der Waals surface area contributed by atoms with E-state index in [1.807, 2.05) is 0 Å². The summed E-state index contributed by atoms with van der Waals surface area (Å²) in [5.74, 6) is 0.